The van der Waals surface area contributed by atoms with E-state index in [2.05, 4.69) is 5.48 Å². The van der Waals surface area contributed by atoms with Gasteiger partial charge in [0.15, 0.2) is 0 Å². The van der Waals surface area contributed by atoms with Crippen LogP contribution in [0.15, 0.2) is 18.2 Å². The molecule has 0 amide bonds. The van der Waals surface area contributed by atoms with E-state index in [4.69, 9.17) is 32.8 Å². The highest BCUT2D eigenvalue weighted by molar-refractivity contribution is 6.42. The molecule has 1 heterocycles. The van der Waals surface area contributed by atoms with Crippen molar-refractivity contribution >= 4 is 41.6 Å². The highest BCUT2D eigenvalue weighted by Crippen LogP contribution is 2.22. The van der Waals surface area contributed by atoms with Crippen LogP contribution in [-0.4, -0.2) is 19.2 Å². The molecule has 1 aliphatic heterocycles. The molecule has 0 atom stereocenters. The molecule has 1 N–H and O–H groups in total. The van der Waals surface area contributed by atoms with E-state index in [0.717, 1.165) is 5.56 Å². The standard InChI is InChI=1S/C13H15Cl2NO3.ClH/c14-11-2-1-9(7-12(11)15)8-16-19-13(17)10-3-5-18-6-4-10;/h1-2,7,10,16H,3-6,8H2;1H. The Balaban J connectivity index is 0.00000200. The lowest BCUT2D eigenvalue weighted by Gasteiger charge is -2.20. The van der Waals surface area contributed by atoms with Crippen molar-refractivity contribution < 1.29 is 14.4 Å². The fourth-order valence-corrected chi connectivity index (χ4v) is 2.18. The van der Waals surface area contributed by atoms with E-state index in [0.29, 0.717) is 42.6 Å². The van der Waals surface area contributed by atoms with Crippen molar-refractivity contribution in [3.63, 3.8) is 0 Å². The number of halogens is 3. The summed E-state index contributed by atoms with van der Waals surface area (Å²) >= 11 is 11.7. The lowest BCUT2D eigenvalue weighted by molar-refractivity contribution is -0.159. The molecule has 0 aromatic heterocycles. The minimum Gasteiger partial charge on any atom is -0.381 e. The monoisotopic (exact) mass is 339 g/mol. The number of carbonyl (C=O) groups excluding carboxylic acids is 1. The predicted octanol–water partition coefficient (Wildman–Crippen LogP) is 3.39. The second-order valence-corrected chi connectivity index (χ2v) is 5.19. The highest BCUT2D eigenvalue weighted by atomic mass is 35.5. The Hall–Kier alpha value is -0.520. The Morgan fingerprint density at radius 1 is 1.30 bits per heavy atom. The molecule has 1 aromatic rings. The maximum atomic E-state index is 11.7. The second kappa shape index (κ2) is 8.70. The molecule has 1 fully saturated rings. The van der Waals surface area contributed by atoms with Crippen molar-refractivity contribution in [3.8, 4) is 0 Å². The van der Waals surface area contributed by atoms with Crippen LogP contribution in [0.5, 0.6) is 0 Å². The molecule has 0 radical (unpaired) electrons. The Morgan fingerprint density at radius 3 is 2.65 bits per heavy atom. The zero-order valence-corrected chi connectivity index (χ0v) is 13.1. The molecule has 4 nitrogen and oxygen atoms in total. The van der Waals surface area contributed by atoms with Gasteiger partial charge in [-0.25, -0.2) is 0 Å². The SMILES string of the molecule is Cl.O=C(ONCc1ccc(Cl)c(Cl)c1)C1CCOCC1. The molecular formula is C13H16Cl3NO3. The predicted molar refractivity (Wildman–Crippen MR) is 80.2 cm³/mol. The van der Waals surface area contributed by atoms with E-state index in [1.165, 1.54) is 0 Å². The first-order valence-corrected chi connectivity index (χ1v) is 6.87. The Labute approximate surface area is 134 Å². The summed E-state index contributed by atoms with van der Waals surface area (Å²) in [5.74, 6) is -0.307. The topological polar surface area (TPSA) is 47.6 Å². The molecule has 1 aromatic carbocycles. The maximum absolute atomic E-state index is 11.7. The number of carbonyl (C=O) groups is 1. The van der Waals surface area contributed by atoms with Gasteiger partial charge in [-0.05, 0) is 30.5 Å². The van der Waals surface area contributed by atoms with Gasteiger partial charge in [0.05, 0.1) is 22.5 Å². The number of ether oxygens (including phenoxy) is 1. The summed E-state index contributed by atoms with van der Waals surface area (Å²) in [7, 11) is 0. The third-order valence-corrected chi connectivity index (χ3v) is 3.73. The van der Waals surface area contributed by atoms with Gasteiger partial charge < -0.3 is 9.57 Å². The van der Waals surface area contributed by atoms with Gasteiger partial charge in [-0.2, -0.15) is 0 Å². The first-order chi connectivity index (χ1) is 9.16. The van der Waals surface area contributed by atoms with Crippen LogP contribution in [0, 0.1) is 5.92 Å². The molecule has 20 heavy (non-hydrogen) atoms. The summed E-state index contributed by atoms with van der Waals surface area (Å²) in [6.07, 6.45) is 1.43. The van der Waals surface area contributed by atoms with Crippen LogP contribution < -0.4 is 5.48 Å². The molecular weight excluding hydrogens is 325 g/mol. The molecule has 2 rings (SSSR count). The summed E-state index contributed by atoms with van der Waals surface area (Å²) in [4.78, 5) is 16.8. The average molecular weight is 341 g/mol. The van der Waals surface area contributed by atoms with Crippen LogP contribution in [0.3, 0.4) is 0 Å². The smallest absolute Gasteiger partial charge is 0.327 e. The molecule has 1 saturated heterocycles. The quantitative estimate of drug-likeness (QED) is 0.854. The molecule has 0 saturated carbocycles. The van der Waals surface area contributed by atoms with E-state index < -0.39 is 0 Å². The van der Waals surface area contributed by atoms with Crippen LogP contribution >= 0.6 is 35.6 Å². The summed E-state index contributed by atoms with van der Waals surface area (Å²) in [6, 6.07) is 5.27. The van der Waals surface area contributed by atoms with Crippen molar-refractivity contribution in [2.24, 2.45) is 5.92 Å². The van der Waals surface area contributed by atoms with E-state index in [1.54, 1.807) is 12.1 Å². The zero-order valence-electron chi connectivity index (χ0n) is 10.7. The molecule has 0 aliphatic carbocycles. The van der Waals surface area contributed by atoms with Crippen LogP contribution in [0.4, 0.5) is 0 Å². The van der Waals surface area contributed by atoms with Gasteiger partial charge in [0.25, 0.3) is 0 Å². The Bertz CT molecular complexity index is 450. The summed E-state index contributed by atoms with van der Waals surface area (Å²) in [5.41, 5.74) is 3.55. The molecule has 7 heteroatoms. The minimum atomic E-state index is -0.233. The first kappa shape index (κ1) is 17.5. The van der Waals surface area contributed by atoms with E-state index in [9.17, 15) is 4.79 Å². The fraction of sp³-hybridized carbons (Fsp3) is 0.462. The largest absolute Gasteiger partial charge is 0.381 e. The van der Waals surface area contributed by atoms with Crippen LogP contribution in [-0.2, 0) is 20.9 Å². The highest BCUT2D eigenvalue weighted by Gasteiger charge is 2.23. The fourth-order valence-electron chi connectivity index (χ4n) is 1.86. The van der Waals surface area contributed by atoms with Crippen molar-refractivity contribution in [3.05, 3.63) is 33.8 Å². The van der Waals surface area contributed by atoms with Crippen molar-refractivity contribution in [2.45, 2.75) is 19.4 Å². The third kappa shape index (κ3) is 5.11. The summed E-state index contributed by atoms with van der Waals surface area (Å²) < 4.78 is 5.19. The van der Waals surface area contributed by atoms with Crippen LogP contribution in [0.1, 0.15) is 18.4 Å². The van der Waals surface area contributed by atoms with Gasteiger partial charge in [-0.1, -0.05) is 29.3 Å². The number of nitrogens with one attached hydrogen (secondary N) is 1. The van der Waals surface area contributed by atoms with Crippen LogP contribution in [0.25, 0.3) is 0 Å². The zero-order chi connectivity index (χ0) is 13.7. The van der Waals surface area contributed by atoms with Gasteiger partial charge in [-0.15, -0.1) is 17.9 Å². The van der Waals surface area contributed by atoms with Crippen molar-refractivity contribution in [1.29, 1.82) is 0 Å². The summed E-state index contributed by atoms with van der Waals surface area (Å²) in [5, 5.41) is 0.987. The van der Waals surface area contributed by atoms with Gasteiger partial charge >= 0.3 is 5.97 Å². The lowest BCUT2D eigenvalue weighted by atomic mass is 10.0. The number of benzene rings is 1. The van der Waals surface area contributed by atoms with E-state index in [-0.39, 0.29) is 24.3 Å². The van der Waals surface area contributed by atoms with Crippen molar-refractivity contribution in [1.82, 2.24) is 5.48 Å². The summed E-state index contributed by atoms with van der Waals surface area (Å²) in [6.45, 7) is 1.63. The first-order valence-electron chi connectivity index (χ1n) is 6.12. The van der Waals surface area contributed by atoms with Crippen LogP contribution in [0.2, 0.25) is 10.0 Å². The van der Waals surface area contributed by atoms with Gasteiger partial charge in [0.2, 0.25) is 0 Å². The molecule has 1 aliphatic rings. The Morgan fingerprint density at radius 2 is 2.00 bits per heavy atom. The Kier molecular flexibility index (Phi) is 7.62. The van der Waals surface area contributed by atoms with Gasteiger partial charge in [-0.3, -0.25) is 4.79 Å². The number of rotatable bonds is 4. The molecule has 112 valence electrons. The molecule has 0 spiro atoms. The second-order valence-electron chi connectivity index (χ2n) is 4.38. The number of hydrogen-bond acceptors (Lipinski definition) is 4. The van der Waals surface area contributed by atoms with Gasteiger partial charge in [0, 0.05) is 13.2 Å². The number of hydrogen-bond donors (Lipinski definition) is 1. The van der Waals surface area contributed by atoms with E-state index >= 15 is 0 Å². The molecule has 0 unspecified atom stereocenters. The lowest BCUT2D eigenvalue weighted by Crippen LogP contribution is -2.29. The van der Waals surface area contributed by atoms with Crippen molar-refractivity contribution in [2.75, 3.05) is 13.2 Å². The number of hydroxylamine groups is 1. The minimum absolute atomic E-state index is 0. The average Bonchev–Trinajstić information content (AvgIpc) is 2.43. The van der Waals surface area contributed by atoms with Gasteiger partial charge in [0.1, 0.15) is 0 Å². The maximum Gasteiger partial charge on any atom is 0.327 e. The normalized spacial score (nSPS) is 15.5. The van der Waals surface area contributed by atoms with E-state index in [1.807, 2.05) is 6.07 Å². The third-order valence-electron chi connectivity index (χ3n) is 2.99. The molecule has 0 bridgehead atoms.